The topological polar surface area (TPSA) is 54.4 Å². The van der Waals surface area contributed by atoms with E-state index in [-0.39, 0.29) is 12.6 Å². The Labute approximate surface area is 148 Å². The first-order chi connectivity index (χ1) is 12.0. The van der Waals surface area contributed by atoms with E-state index in [1.54, 1.807) is 7.11 Å². The van der Waals surface area contributed by atoms with Gasteiger partial charge in [0.05, 0.1) is 19.8 Å². The molecule has 0 bridgehead atoms. The molecule has 3 rings (SSSR count). The van der Waals surface area contributed by atoms with Gasteiger partial charge in [0.15, 0.2) is 0 Å². The Balaban J connectivity index is 2.06. The minimum Gasteiger partial charge on any atom is -0.494 e. The smallest absolute Gasteiger partial charge is 0.145 e. The fourth-order valence-electron chi connectivity index (χ4n) is 3.27. The Kier molecular flexibility index (Phi) is 4.91. The summed E-state index contributed by atoms with van der Waals surface area (Å²) in [5.74, 6) is 0.746. The fourth-order valence-corrected chi connectivity index (χ4v) is 3.27. The Morgan fingerprint density at radius 2 is 1.80 bits per heavy atom. The lowest BCUT2D eigenvalue weighted by molar-refractivity contribution is 0.276. The lowest BCUT2D eigenvalue weighted by Gasteiger charge is -2.21. The molecule has 0 fully saturated rings. The number of anilines is 1. The number of rotatable bonds is 5. The van der Waals surface area contributed by atoms with Crippen molar-refractivity contribution >= 4 is 16.6 Å². The molecule has 0 spiro atoms. The summed E-state index contributed by atoms with van der Waals surface area (Å²) >= 11 is 0. The van der Waals surface area contributed by atoms with Crippen molar-refractivity contribution in [1.82, 2.24) is 4.98 Å². The Morgan fingerprint density at radius 3 is 2.44 bits per heavy atom. The Hall–Kier alpha value is -2.59. The highest BCUT2D eigenvalue weighted by atomic mass is 16.5. The van der Waals surface area contributed by atoms with Gasteiger partial charge in [-0.3, -0.25) is 0 Å². The summed E-state index contributed by atoms with van der Waals surface area (Å²) < 4.78 is 5.45. The Bertz CT molecular complexity index is 886. The van der Waals surface area contributed by atoms with Gasteiger partial charge in [-0.2, -0.15) is 0 Å². The van der Waals surface area contributed by atoms with Crippen LogP contribution < -0.4 is 10.1 Å². The molecule has 1 aromatic heterocycles. The lowest BCUT2D eigenvalue weighted by Crippen LogP contribution is -2.15. The van der Waals surface area contributed by atoms with Gasteiger partial charge in [-0.15, -0.1) is 0 Å². The van der Waals surface area contributed by atoms with Crippen LogP contribution in [-0.2, 0) is 0 Å². The maximum atomic E-state index is 9.96. The number of aromatic nitrogens is 1. The van der Waals surface area contributed by atoms with E-state index in [4.69, 9.17) is 4.74 Å². The molecule has 0 aliphatic heterocycles. The van der Waals surface area contributed by atoms with Crippen molar-refractivity contribution in [3.05, 3.63) is 64.8 Å². The molecule has 130 valence electrons. The first-order valence-electron chi connectivity index (χ1n) is 8.41. The molecule has 0 amide bonds. The molecule has 2 aromatic carbocycles. The van der Waals surface area contributed by atoms with Gasteiger partial charge in [0, 0.05) is 16.8 Å². The van der Waals surface area contributed by atoms with Crippen LogP contribution >= 0.6 is 0 Å². The molecule has 0 saturated carbocycles. The van der Waals surface area contributed by atoms with E-state index < -0.39 is 0 Å². The summed E-state index contributed by atoms with van der Waals surface area (Å²) in [5, 5.41) is 14.4. The molecule has 0 radical (unpaired) electrons. The summed E-state index contributed by atoms with van der Waals surface area (Å²) in [6, 6.07) is 14.1. The SMILES string of the molecule is COc1cccc2c(NC(CO)c3cc(C)cc(C)c3)cc(C)nc12. The number of hydrogen-bond donors (Lipinski definition) is 2. The van der Waals surface area contributed by atoms with Gasteiger partial charge in [0.2, 0.25) is 0 Å². The van der Waals surface area contributed by atoms with Gasteiger partial charge in [-0.25, -0.2) is 4.98 Å². The number of pyridine rings is 1. The normalized spacial score (nSPS) is 12.2. The van der Waals surface area contributed by atoms with Crippen molar-refractivity contribution in [2.75, 3.05) is 19.0 Å². The van der Waals surface area contributed by atoms with Crippen molar-refractivity contribution in [3.8, 4) is 5.75 Å². The molecule has 0 aliphatic rings. The van der Waals surface area contributed by atoms with E-state index in [1.165, 1.54) is 11.1 Å². The molecule has 4 nitrogen and oxygen atoms in total. The number of fused-ring (bicyclic) bond motifs is 1. The van der Waals surface area contributed by atoms with Crippen molar-refractivity contribution in [1.29, 1.82) is 0 Å². The maximum Gasteiger partial charge on any atom is 0.145 e. The monoisotopic (exact) mass is 336 g/mol. The van der Waals surface area contributed by atoms with E-state index >= 15 is 0 Å². The first-order valence-corrected chi connectivity index (χ1v) is 8.41. The van der Waals surface area contributed by atoms with Crippen LogP contribution in [0.5, 0.6) is 5.75 Å². The first kappa shape index (κ1) is 17.2. The summed E-state index contributed by atoms with van der Waals surface area (Å²) in [5.41, 5.74) is 6.12. The summed E-state index contributed by atoms with van der Waals surface area (Å²) in [7, 11) is 1.65. The van der Waals surface area contributed by atoms with Crippen LogP contribution in [0.4, 0.5) is 5.69 Å². The predicted molar refractivity (Wildman–Crippen MR) is 102 cm³/mol. The molecule has 25 heavy (non-hydrogen) atoms. The molecule has 0 aliphatic carbocycles. The third-order valence-electron chi connectivity index (χ3n) is 4.31. The third-order valence-corrected chi connectivity index (χ3v) is 4.31. The van der Waals surface area contributed by atoms with Crippen LogP contribution in [0.25, 0.3) is 10.9 Å². The molecule has 2 N–H and O–H groups in total. The van der Waals surface area contributed by atoms with Crippen molar-refractivity contribution in [2.24, 2.45) is 0 Å². The Morgan fingerprint density at radius 1 is 1.08 bits per heavy atom. The summed E-state index contributed by atoms with van der Waals surface area (Å²) in [4.78, 5) is 4.61. The number of methoxy groups -OCH3 is 1. The zero-order chi connectivity index (χ0) is 18.0. The van der Waals surface area contributed by atoms with E-state index in [0.29, 0.717) is 0 Å². The van der Waals surface area contributed by atoms with Gasteiger partial charge < -0.3 is 15.2 Å². The number of hydrogen-bond acceptors (Lipinski definition) is 4. The van der Waals surface area contributed by atoms with Crippen LogP contribution in [0.1, 0.15) is 28.4 Å². The number of nitrogens with one attached hydrogen (secondary N) is 1. The van der Waals surface area contributed by atoms with E-state index in [2.05, 4.69) is 42.3 Å². The van der Waals surface area contributed by atoms with Crippen molar-refractivity contribution < 1.29 is 9.84 Å². The van der Waals surface area contributed by atoms with Crippen molar-refractivity contribution in [2.45, 2.75) is 26.8 Å². The molecule has 0 saturated heterocycles. The zero-order valence-corrected chi connectivity index (χ0v) is 15.1. The number of aliphatic hydroxyl groups excluding tert-OH is 1. The predicted octanol–water partition coefficient (Wildman–Crippen LogP) is 4.31. The summed E-state index contributed by atoms with van der Waals surface area (Å²) in [6.07, 6.45) is 0. The second-order valence-electron chi connectivity index (χ2n) is 6.47. The lowest BCUT2D eigenvalue weighted by atomic mass is 10.0. The second-order valence-corrected chi connectivity index (χ2v) is 6.47. The van der Waals surface area contributed by atoms with Gasteiger partial charge in [-0.05, 0) is 38.5 Å². The zero-order valence-electron chi connectivity index (χ0n) is 15.1. The number of nitrogens with zero attached hydrogens (tertiary/aromatic N) is 1. The number of para-hydroxylation sites is 1. The standard InChI is InChI=1S/C21H24N2O2/c1-13-8-14(2)10-16(9-13)19(12-24)23-18-11-15(3)22-21-17(18)6-5-7-20(21)25-4/h5-11,19,24H,12H2,1-4H3,(H,22,23). The highest BCUT2D eigenvalue weighted by Crippen LogP contribution is 2.32. The van der Waals surface area contributed by atoms with E-state index in [1.807, 2.05) is 31.2 Å². The third kappa shape index (κ3) is 3.59. The number of aliphatic hydroxyl groups is 1. The van der Waals surface area contributed by atoms with E-state index in [0.717, 1.165) is 33.6 Å². The largest absolute Gasteiger partial charge is 0.494 e. The van der Waals surface area contributed by atoms with Gasteiger partial charge >= 0.3 is 0 Å². The van der Waals surface area contributed by atoms with Crippen LogP contribution in [0, 0.1) is 20.8 Å². The molecular formula is C21H24N2O2. The van der Waals surface area contributed by atoms with Crippen LogP contribution in [0.2, 0.25) is 0 Å². The highest BCUT2D eigenvalue weighted by Gasteiger charge is 2.15. The molecular weight excluding hydrogens is 312 g/mol. The number of benzene rings is 2. The minimum atomic E-state index is -0.185. The van der Waals surface area contributed by atoms with E-state index in [9.17, 15) is 5.11 Å². The minimum absolute atomic E-state index is 0.00965. The van der Waals surface area contributed by atoms with Crippen LogP contribution in [0.15, 0.2) is 42.5 Å². The van der Waals surface area contributed by atoms with Crippen molar-refractivity contribution in [3.63, 3.8) is 0 Å². The molecule has 3 aromatic rings. The average Bonchev–Trinajstić information content (AvgIpc) is 2.58. The fraction of sp³-hybridized carbons (Fsp3) is 0.286. The molecule has 1 atom stereocenters. The van der Waals surface area contributed by atoms with Crippen LogP contribution in [-0.4, -0.2) is 23.8 Å². The average molecular weight is 336 g/mol. The molecule has 4 heteroatoms. The second kappa shape index (κ2) is 7.11. The number of aryl methyl sites for hydroxylation is 3. The summed E-state index contributed by atoms with van der Waals surface area (Å²) in [6.45, 7) is 6.11. The van der Waals surface area contributed by atoms with Gasteiger partial charge in [0.25, 0.3) is 0 Å². The quantitative estimate of drug-likeness (QED) is 0.729. The van der Waals surface area contributed by atoms with Gasteiger partial charge in [-0.1, -0.05) is 41.5 Å². The maximum absolute atomic E-state index is 9.96. The van der Waals surface area contributed by atoms with Crippen LogP contribution in [0.3, 0.4) is 0 Å². The molecule has 1 heterocycles. The molecule has 1 unspecified atom stereocenters. The number of ether oxygens (including phenoxy) is 1. The highest BCUT2D eigenvalue weighted by molar-refractivity contribution is 5.95. The van der Waals surface area contributed by atoms with Gasteiger partial charge in [0.1, 0.15) is 11.3 Å².